The highest BCUT2D eigenvalue weighted by Gasteiger charge is 2.47. The van der Waals surface area contributed by atoms with Crippen molar-refractivity contribution in [2.24, 2.45) is 5.73 Å². The normalized spacial score (nSPS) is 22.4. The first kappa shape index (κ1) is 26.2. The number of hydrogen-bond donors (Lipinski definition) is 1. The molecule has 5 rings (SSSR count). The van der Waals surface area contributed by atoms with Crippen LogP contribution in [0.25, 0.3) is 5.65 Å². The fraction of sp³-hybridized carbons (Fsp3) is 0.586. The Morgan fingerprint density at radius 1 is 0.892 bits per heavy atom. The second-order valence-electron chi connectivity index (χ2n) is 11.8. The molecular weight excluding hydrogens is 478 g/mol. The monoisotopic (exact) mass is 521 g/mol. The summed E-state index contributed by atoms with van der Waals surface area (Å²) in [6, 6.07) is 12.4. The number of ether oxygens (including phenoxy) is 1. The number of fused-ring (bicyclic) bond motifs is 2. The predicted molar refractivity (Wildman–Crippen MR) is 152 cm³/mol. The minimum Gasteiger partial charge on any atom is -0.484 e. The number of pyridine rings is 1. The molecule has 1 saturated heterocycles. The fourth-order valence-electron chi connectivity index (χ4n) is 6.92. The van der Waals surface area contributed by atoms with Crippen molar-refractivity contribution in [2.45, 2.75) is 95.7 Å². The zero-order chi connectivity index (χ0) is 26.3. The van der Waals surface area contributed by atoms with E-state index in [1.807, 2.05) is 18.3 Å². The minimum atomic E-state index is -1.93. The number of nitrogens with two attached hydrogens (primary N) is 1. The van der Waals surface area contributed by atoms with Gasteiger partial charge in [0.25, 0.3) is 0 Å². The van der Waals surface area contributed by atoms with E-state index in [9.17, 15) is 0 Å². The summed E-state index contributed by atoms with van der Waals surface area (Å²) >= 11 is 0. The van der Waals surface area contributed by atoms with Crippen LogP contribution >= 0.6 is 0 Å². The number of nitrogens with zero attached hydrogens (tertiary/aromatic N) is 4. The summed E-state index contributed by atoms with van der Waals surface area (Å²) in [4.78, 5) is 2.32. The average Bonchev–Trinajstić information content (AvgIpc) is 3.50. The smallest absolute Gasteiger partial charge is 0.231 e. The molecule has 2 N–H and O–H groups in total. The lowest BCUT2D eigenvalue weighted by atomic mass is 9.86. The lowest BCUT2D eigenvalue weighted by Crippen LogP contribution is -2.50. The molecule has 0 spiro atoms. The van der Waals surface area contributed by atoms with E-state index >= 15 is 0 Å². The minimum absolute atomic E-state index is 0.000806. The molecule has 1 aliphatic heterocycles. The van der Waals surface area contributed by atoms with Crippen molar-refractivity contribution in [3.05, 3.63) is 53.7 Å². The quantitative estimate of drug-likeness (QED) is 0.345. The largest absolute Gasteiger partial charge is 0.484 e. The maximum Gasteiger partial charge on any atom is 0.231 e. The zero-order valence-corrected chi connectivity index (χ0v) is 24.2. The molecule has 0 amide bonds. The predicted octanol–water partition coefficient (Wildman–Crippen LogP) is 6.41. The van der Waals surface area contributed by atoms with E-state index in [1.54, 1.807) is 0 Å². The summed E-state index contributed by atoms with van der Waals surface area (Å²) in [5.41, 5.74) is 11.3. The van der Waals surface area contributed by atoms with Crippen molar-refractivity contribution < 1.29 is 9.16 Å². The summed E-state index contributed by atoms with van der Waals surface area (Å²) < 4.78 is 15.7. The Morgan fingerprint density at radius 2 is 1.59 bits per heavy atom. The molecule has 1 unspecified atom stereocenters. The van der Waals surface area contributed by atoms with Gasteiger partial charge in [0.05, 0.1) is 12.3 Å². The van der Waals surface area contributed by atoms with Gasteiger partial charge in [-0.05, 0) is 59.1 Å². The highest BCUT2D eigenvalue weighted by molar-refractivity contribution is 6.77. The van der Waals surface area contributed by atoms with Crippen molar-refractivity contribution in [3.8, 4) is 5.75 Å². The van der Waals surface area contributed by atoms with Crippen LogP contribution in [0.5, 0.6) is 5.75 Å². The molecule has 1 fully saturated rings. The summed E-state index contributed by atoms with van der Waals surface area (Å²) in [5.74, 6) is 1.69. The van der Waals surface area contributed by atoms with Gasteiger partial charge >= 0.3 is 0 Å². The molecule has 2 aromatic heterocycles. The highest BCUT2D eigenvalue weighted by Crippen LogP contribution is 2.44. The van der Waals surface area contributed by atoms with E-state index in [2.05, 4.69) is 85.3 Å². The zero-order valence-electron chi connectivity index (χ0n) is 23.2. The van der Waals surface area contributed by atoms with Crippen molar-refractivity contribution in [1.82, 2.24) is 14.6 Å². The van der Waals surface area contributed by atoms with Gasteiger partial charge in [-0.2, -0.15) is 0 Å². The van der Waals surface area contributed by atoms with Crippen molar-refractivity contribution in [2.75, 3.05) is 18.0 Å². The topological polar surface area (TPSA) is 77.9 Å². The van der Waals surface area contributed by atoms with E-state index in [0.29, 0.717) is 16.6 Å². The van der Waals surface area contributed by atoms with Crippen molar-refractivity contribution in [3.63, 3.8) is 0 Å². The van der Waals surface area contributed by atoms with Gasteiger partial charge in [0.1, 0.15) is 11.9 Å². The molecule has 7 nitrogen and oxygen atoms in total. The number of benzene rings is 1. The second kappa shape index (κ2) is 10.4. The Morgan fingerprint density at radius 3 is 2.30 bits per heavy atom. The van der Waals surface area contributed by atoms with Crippen LogP contribution in [-0.2, 0) is 4.43 Å². The van der Waals surface area contributed by atoms with Gasteiger partial charge in [0.2, 0.25) is 14.3 Å². The van der Waals surface area contributed by atoms with Crippen LogP contribution in [0.3, 0.4) is 0 Å². The molecule has 8 heteroatoms. The van der Waals surface area contributed by atoms with E-state index in [-0.39, 0.29) is 18.2 Å². The number of aromatic nitrogens is 3. The maximum absolute atomic E-state index is 7.09. The first-order valence-corrected chi connectivity index (χ1v) is 16.1. The Hall–Kier alpha value is -2.42. The second-order valence-corrected chi connectivity index (χ2v) is 17.2. The first-order chi connectivity index (χ1) is 17.7. The van der Waals surface area contributed by atoms with Gasteiger partial charge in [0, 0.05) is 19.1 Å². The van der Waals surface area contributed by atoms with E-state index in [4.69, 9.17) is 14.9 Å². The molecule has 1 aromatic carbocycles. The molecule has 0 radical (unpaired) electrons. The highest BCUT2D eigenvalue weighted by atomic mass is 28.4. The van der Waals surface area contributed by atoms with E-state index < -0.39 is 8.32 Å². The van der Waals surface area contributed by atoms with Gasteiger partial charge < -0.3 is 19.8 Å². The van der Waals surface area contributed by atoms with Crippen LogP contribution in [0, 0.1) is 0 Å². The maximum atomic E-state index is 7.09. The molecule has 2 aliphatic rings. The summed E-state index contributed by atoms with van der Waals surface area (Å²) in [7, 11) is -1.93. The Kier molecular flexibility index (Phi) is 7.35. The van der Waals surface area contributed by atoms with E-state index in [0.717, 1.165) is 49.7 Å². The van der Waals surface area contributed by atoms with Gasteiger partial charge in [0.15, 0.2) is 5.65 Å². The van der Waals surface area contributed by atoms with Crippen LogP contribution < -0.4 is 15.4 Å². The van der Waals surface area contributed by atoms with Gasteiger partial charge in [-0.3, -0.25) is 4.40 Å². The third-order valence-electron chi connectivity index (χ3n) is 8.62. The molecule has 0 bridgehead atoms. The molecule has 1 aliphatic carbocycles. The summed E-state index contributed by atoms with van der Waals surface area (Å²) in [6.45, 7) is 15.9. The molecule has 3 heterocycles. The lowest BCUT2D eigenvalue weighted by molar-refractivity contribution is 0.176. The standard InChI is InChI=1S/C29H43N5O2Si/c1-19(2)37(20(3)4,21(5)6)36-23-15-16-33(17-23)29-32-31-28-14-11-22(18-34(28)29)35-27-13-12-26(30)24-9-7-8-10-25(24)27/h7-11,14,18-21,23,26-27H,12-13,15-17,30H2,1-6H3/t23?,26-,27+/m0/s1. The first-order valence-electron chi connectivity index (χ1n) is 14.0. The van der Waals surface area contributed by atoms with E-state index in [1.165, 1.54) is 11.1 Å². The molecular formula is C29H43N5O2Si. The molecule has 37 heavy (non-hydrogen) atoms. The van der Waals surface area contributed by atoms with Crippen molar-refractivity contribution in [1.29, 1.82) is 0 Å². The fourth-order valence-corrected chi connectivity index (χ4v) is 12.5. The lowest BCUT2D eigenvalue weighted by Gasteiger charge is -2.44. The third kappa shape index (κ3) is 4.79. The van der Waals surface area contributed by atoms with Gasteiger partial charge in [-0.15, -0.1) is 10.2 Å². The third-order valence-corrected chi connectivity index (χ3v) is 14.8. The summed E-state index contributed by atoms with van der Waals surface area (Å²) in [6.07, 6.45) is 5.11. The number of rotatable bonds is 8. The van der Waals surface area contributed by atoms with Gasteiger partial charge in [-0.25, -0.2) is 0 Å². The SMILES string of the molecule is CC(C)[Si](OC1CCN(c2nnc3ccc(O[C@@H]4CC[C@H](N)c5ccccc54)cn23)C1)(C(C)C)C(C)C. The Balaban J connectivity index is 1.35. The van der Waals surface area contributed by atoms with Crippen LogP contribution in [0.1, 0.15) is 84.1 Å². The molecule has 3 aromatic rings. The Labute approximate surface area is 222 Å². The Bertz CT molecular complexity index is 1200. The van der Waals surface area contributed by atoms with Crippen LogP contribution in [-0.4, -0.2) is 42.1 Å². The average molecular weight is 522 g/mol. The van der Waals surface area contributed by atoms with Crippen LogP contribution in [0.15, 0.2) is 42.6 Å². The molecule has 200 valence electrons. The van der Waals surface area contributed by atoms with Gasteiger partial charge in [-0.1, -0.05) is 65.8 Å². The number of anilines is 1. The molecule has 3 atom stereocenters. The van der Waals surface area contributed by atoms with Crippen LogP contribution in [0.2, 0.25) is 16.6 Å². The van der Waals surface area contributed by atoms with Crippen LogP contribution in [0.4, 0.5) is 5.95 Å². The summed E-state index contributed by atoms with van der Waals surface area (Å²) in [5, 5.41) is 9.02. The molecule has 0 saturated carbocycles. The van der Waals surface area contributed by atoms with Crippen molar-refractivity contribution >= 4 is 19.9 Å². The number of hydrogen-bond acceptors (Lipinski definition) is 6.